The van der Waals surface area contributed by atoms with Gasteiger partial charge in [0.1, 0.15) is 5.75 Å². The number of rotatable bonds is 2. The van der Waals surface area contributed by atoms with Crippen LogP contribution in [0.1, 0.15) is 56.1 Å². The maximum atomic E-state index is 10.1. The Morgan fingerprint density at radius 1 is 1.10 bits per heavy atom. The Morgan fingerprint density at radius 2 is 1.95 bits per heavy atom. The second kappa shape index (κ2) is 5.99. The van der Waals surface area contributed by atoms with E-state index in [0.29, 0.717) is 11.8 Å². The van der Waals surface area contributed by atoms with Gasteiger partial charge in [0.25, 0.3) is 0 Å². The van der Waals surface area contributed by atoms with Gasteiger partial charge in [-0.25, -0.2) is 0 Å². The highest BCUT2D eigenvalue weighted by Gasteiger charge is 2.29. The Labute approximate surface area is 121 Å². The monoisotopic (exact) mass is 271 g/mol. The normalized spacial score (nSPS) is 30.4. The van der Waals surface area contributed by atoms with E-state index in [1.54, 1.807) is 0 Å². The molecule has 3 unspecified atom stereocenters. The lowest BCUT2D eigenvalue weighted by Crippen LogP contribution is -2.18. The third kappa shape index (κ3) is 2.89. The molecule has 2 heteroatoms. The molecule has 1 N–H and O–H groups in total. The molecule has 2 fully saturated rings. The molecule has 2 bridgehead atoms. The molecule has 20 heavy (non-hydrogen) atoms. The summed E-state index contributed by atoms with van der Waals surface area (Å²) in [7, 11) is 0. The number of aliphatic imine (C=N–C) groups is 1. The molecule has 2 nitrogen and oxygen atoms in total. The zero-order chi connectivity index (χ0) is 13.9. The van der Waals surface area contributed by atoms with Gasteiger partial charge >= 0.3 is 0 Å². The quantitative estimate of drug-likeness (QED) is 0.790. The molecule has 3 rings (SSSR count). The number of aryl methyl sites for hydroxylation is 1. The van der Waals surface area contributed by atoms with Crippen molar-refractivity contribution in [1.82, 2.24) is 0 Å². The van der Waals surface area contributed by atoms with E-state index in [1.165, 1.54) is 44.9 Å². The first-order valence-corrected chi connectivity index (χ1v) is 8.06. The van der Waals surface area contributed by atoms with Crippen LogP contribution in [-0.2, 0) is 0 Å². The third-order valence-electron chi connectivity index (χ3n) is 5.22. The predicted octanol–water partition coefficient (Wildman–Crippen LogP) is 4.48. The molecule has 0 aromatic heterocycles. The highest BCUT2D eigenvalue weighted by molar-refractivity contribution is 5.84. The second-order valence-electron chi connectivity index (χ2n) is 6.57. The van der Waals surface area contributed by atoms with Crippen molar-refractivity contribution >= 4 is 6.21 Å². The number of fused-ring (bicyclic) bond motifs is 3. The molecule has 3 atom stereocenters. The lowest BCUT2D eigenvalue weighted by molar-refractivity contribution is 0.351. The van der Waals surface area contributed by atoms with Crippen LogP contribution in [-0.4, -0.2) is 17.4 Å². The van der Waals surface area contributed by atoms with Crippen molar-refractivity contribution in [3.63, 3.8) is 0 Å². The molecular weight excluding hydrogens is 246 g/mol. The van der Waals surface area contributed by atoms with Crippen LogP contribution in [0, 0.1) is 18.8 Å². The van der Waals surface area contributed by atoms with Gasteiger partial charge in [-0.3, -0.25) is 4.99 Å². The van der Waals surface area contributed by atoms with Crippen molar-refractivity contribution in [3.8, 4) is 5.75 Å². The van der Waals surface area contributed by atoms with Crippen LogP contribution in [0.25, 0.3) is 0 Å². The van der Waals surface area contributed by atoms with Gasteiger partial charge in [0.15, 0.2) is 0 Å². The van der Waals surface area contributed by atoms with Crippen molar-refractivity contribution < 1.29 is 5.11 Å². The molecule has 0 saturated heterocycles. The summed E-state index contributed by atoms with van der Waals surface area (Å²) in [4.78, 5) is 4.85. The SMILES string of the molecule is Cc1cccc(C=NC2CCC3CCCC2CC3)c1O. The summed E-state index contributed by atoms with van der Waals surface area (Å²) < 4.78 is 0. The van der Waals surface area contributed by atoms with Gasteiger partial charge in [-0.15, -0.1) is 0 Å². The molecule has 0 radical (unpaired) electrons. The van der Waals surface area contributed by atoms with Gasteiger partial charge < -0.3 is 5.11 Å². The highest BCUT2D eigenvalue weighted by Crippen LogP contribution is 2.38. The second-order valence-corrected chi connectivity index (χ2v) is 6.57. The summed E-state index contributed by atoms with van der Waals surface area (Å²) in [5, 5.41) is 10.1. The standard InChI is InChI=1S/C18H25NO/c1-13-4-2-7-16(18(13)20)12-19-17-11-9-14-5-3-6-15(17)10-8-14/h2,4,7,12,14-15,17,20H,3,5-6,8-11H2,1H3. The number of hydrogen-bond acceptors (Lipinski definition) is 2. The minimum absolute atomic E-state index is 0.381. The first kappa shape index (κ1) is 13.7. The van der Waals surface area contributed by atoms with Crippen LogP contribution in [0.3, 0.4) is 0 Å². The fourth-order valence-corrected chi connectivity index (χ4v) is 3.88. The molecule has 2 aliphatic rings. The minimum Gasteiger partial charge on any atom is -0.507 e. The molecular formula is C18H25NO. The summed E-state index contributed by atoms with van der Waals surface area (Å²) in [6.45, 7) is 1.93. The molecule has 0 heterocycles. The first-order chi connectivity index (χ1) is 9.74. The number of nitrogens with zero attached hydrogens (tertiary/aromatic N) is 1. The van der Waals surface area contributed by atoms with E-state index >= 15 is 0 Å². The Hall–Kier alpha value is -1.31. The Balaban J connectivity index is 1.76. The first-order valence-electron chi connectivity index (χ1n) is 8.06. The van der Waals surface area contributed by atoms with Crippen molar-refractivity contribution in [2.75, 3.05) is 0 Å². The van der Waals surface area contributed by atoms with Gasteiger partial charge in [0, 0.05) is 11.8 Å². The van der Waals surface area contributed by atoms with E-state index < -0.39 is 0 Å². The van der Waals surface area contributed by atoms with E-state index in [2.05, 4.69) is 0 Å². The van der Waals surface area contributed by atoms with E-state index in [0.717, 1.165) is 23.0 Å². The fraction of sp³-hybridized carbons (Fsp3) is 0.611. The zero-order valence-electron chi connectivity index (χ0n) is 12.4. The molecule has 0 spiro atoms. The van der Waals surface area contributed by atoms with E-state index in [4.69, 9.17) is 4.99 Å². The number of para-hydroxylation sites is 1. The van der Waals surface area contributed by atoms with Crippen LogP contribution in [0.2, 0.25) is 0 Å². The Bertz CT molecular complexity index is 494. The lowest BCUT2D eigenvalue weighted by atomic mass is 9.88. The Kier molecular flexibility index (Phi) is 4.09. The maximum absolute atomic E-state index is 10.1. The summed E-state index contributed by atoms with van der Waals surface area (Å²) in [6.07, 6.45) is 11.4. The van der Waals surface area contributed by atoms with Crippen LogP contribution < -0.4 is 0 Å². The number of phenols is 1. The number of benzene rings is 1. The van der Waals surface area contributed by atoms with Gasteiger partial charge in [0.2, 0.25) is 0 Å². The summed E-state index contributed by atoms with van der Waals surface area (Å²) in [5.41, 5.74) is 1.79. The summed E-state index contributed by atoms with van der Waals surface area (Å²) >= 11 is 0. The average molecular weight is 271 g/mol. The van der Waals surface area contributed by atoms with Crippen LogP contribution in [0.15, 0.2) is 23.2 Å². The molecule has 2 saturated carbocycles. The van der Waals surface area contributed by atoms with Crippen molar-refractivity contribution in [2.24, 2.45) is 16.8 Å². The smallest absolute Gasteiger partial charge is 0.127 e. The van der Waals surface area contributed by atoms with Crippen LogP contribution >= 0.6 is 0 Å². The molecule has 0 amide bonds. The number of phenolic OH excluding ortho intramolecular Hbond substituents is 1. The van der Waals surface area contributed by atoms with E-state index in [1.807, 2.05) is 31.3 Å². The van der Waals surface area contributed by atoms with E-state index in [-0.39, 0.29) is 0 Å². The van der Waals surface area contributed by atoms with E-state index in [9.17, 15) is 5.11 Å². The van der Waals surface area contributed by atoms with Crippen molar-refractivity contribution in [1.29, 1.82) is 0 Å². The number of hydrogen-bond donors (Lipinski definition) is 1. The summed E-state index contributed by atoms with van der Waals surface area (Å²) in [5.74, 6) is 2.10. The van der Waals surface area contributed by atoms with Gasteiger partial charge in [-0.1, -0.05) is 31.4 Å². The van der Waals surface area contributed by atoms with Gasteiger partial charge in [-0.05, 0) is 56.1 Å². The zero-order valence-corrected chi connectivity index (χ0v) is 12.4. The van der Waals surface area contributed by atoms with Gasteiger partial charge in [0.05, 0.1) is 6.04 Å². The Morgan fingerprint density at radius 3 is 2.85 bits per heavy atom. The molecule has 1 aromatic rings. The lowest BCUT2D eigenvalue weighted by Gasteiger charge is -2.22. The number of aromatic hydroxyl groups is 1. The highest BCUT2D eigenvalue weighted by atomic mass is 16.3. The molecule has 0 aliphatic heterocycles. The summed E-state index contributed by atoms with van der Waals surface area (Å²) in [6, 6.07) is 6.34. The van der Waals surface area contributed by atoms with Gasteiger partial charge in [-0.2, -0.15) is 0 Å². The average Bonchev–Trinajstić information content (AvgIpc) is 2.77. The molecule has 1 aromatic carbocycles. The van der Waals surface area contributed by atoms with Crippen LogP contribution in [0.4, 0.5) is 0 Å². The molecule has 2 aliphatic carbocycles. The largest absolute Gasteiger partial charge is 0.507 e. The third-order valence-corrected chi connectivity index (χ3v) is 5.22. The maximum Gasteiger partial charge on any atom is 0.127 e. The minimum atomic E-state index is 0.381. The van der Waals surface area contributed by atoms with Crippen molar-refractivity contribution in [3.05, 3.63) is 29.3 Å². The van der Waals surface area contributed by atoms with Crippen molar-refractivity contribution in [2.45, 2.75) is 57.9 Å². The van der Waals surface area contributed by atoms with Crippen LogP contribution in [0.5, 0.6) is 5.75 Å². The topological polar surface area (TPSA) is 32.6 Å². The molecule has 108 valence electrons. The predicted molar refractivity (Wildman–Crippen MR) is 83.5 cm³/mol. The fourth-order valence-electron chi connectivity index (χ4n) is 3.88.